The van der Waals surface area contributed by atoms with Gasteiger partial charge in [0.05, 0.1) is 10.2 Å². The van der Waals surface area contributed by atoms with Crippen LogP contribution in [0.25, 0.3) is 10.2 Å². The molecule has 0 bridgehead atoms. The van der Waals surface area contributed by atoms with Crippen LogP contribution in [0.4, 0.5) is 8.78 Å². The average molecular weight is 277 g/mol. The van der Waals surface area contributed by atoms with E-state index in [0.29, 0.717) is 10.2 Å². The predicted molar refractivity (Wildman–Crippen MR) is 58.6 cm³/mol. The summed E-state index contributed by atoms with van der Waals surface area (Å²) in [6, 6.07) is 6.55. The van der Waals surface area contributed by atoms with E-state index in [0.717, 1.165) is 11.3 Å². The number of aliphatic carboxylic acids is 1. The van der Waals surface area contributed by atoms with Crippen molar-refractivity contribution >= 4 is 38.3 Å². The number of para-hydroxylation sites is 1. The Hall–Kier alpha value is -1.41. The van der Waals surface area contributed by atoms with Gasteiger partial charge >= 0.3 is 11.2 Å². The fourth-order valence-corrected chi connectivity index (χ4v) is 3.26. The van der Waals surface area contributed by atoms with Crippen LogP contribution in [-0.4, -0.2) is 25.5 Å². The number of halogens is 2. The quantitative estimate of drug-likeness (QED) is 0.932. The first-order valence-electron chi connectivity index (χ1n) is 4.31. The molecule has 0 fully saturated rings. The smallest absolute Gasteiger partial charge is 0.422 e. The van der Waals surface area contributed by atoms with Crippen LogP contribution in [0.3, 0.4) is 0 Å². The van der Waals surface area contributed by atoms with Gasteiger partial charge in [0.15, 0.2) is 15.1 Å². The number of carboxylic acid groups (broad SMARTS) is 1. The maximum absolute atomic E-state index is 13.0. The van der Waals surface area contributed by atoms with Crippen molar-refractivity contribution < 1.29 is 22.9 Å². The van der Waals surface area contributed by atoms with Gasteiger partial charge in [-0.05, 0) is 12.1 Å². The van der Waals surface area contributed by atoms with Crippen LogP contribution in [0.1, 0.15) is 0 Å². The number of carbonyl (C=O) groups is 1. The van der Waals surface area contributed by atoms with Crippen molar-refractivity contribution in [1.82, 2.24) is 4.98 Å². The molecule has 8 heteroatoms. The largest absolute Gasteiger partial charge is 0.476 e. The van der Waals surface area contributed by atoms with E-state index in [4.69, 9.17) is 5.11 Å². The number of aromatic nitrogens is 1. The van der Waals surface area contributed by atoms with E-state index in [1.54, 1.807) is 24.3 Å². The minimum Gasteiger partial charge on any atom is -0.476 e. The first-order valence-corrected chi connectivity index (χ1v) is 6.28. The average Bonchev–Trinajstić information content (AvgIpc) is 2.70. The molecule has 0 aliphatic carbocycles. The van der Waals surface area contributed by atoms with Crippen LogP contribution in [0.15, 0.2) is 28.6 Å². The molecule has 0 radical (unpaired) electrons. The molecule has 1 heterocycles. The molecule has 2 aromatic rings. The molecule has 1 aromatic carbocycles. The third-order valence-electron chi connectivity index (χ3n) is 1.91. The molecule has 0 aliphatic heterocycles. The number of thiazole rings is 1. The number of carboxylic acids is 1. The third kappa shape index (κ3) is 2.05. The minimum atomic E-state index is -4.33. The van der Waals surface area contributed by atoms with E-state index in [9.17, 15) is 17.8 Å². The fraction of sp³-hybridized carbons (Fsp3) is 0.111. The highest BCUT2D eigenvalue weighted by molar-refractivity contribution is 7.89. The molecule has 0 amide bonds. The van der Waals surface area contributed by atoms with E-state index < -0.39 is 26.4 Å². The summed E-state index contributed by atoms with van der Waals surface area (Å²) in [4.78, 5) is 14.0. The second kappa shape index (κ2) is 4.11. The Morgan fingerprint density at radius 2 is 2.06 bits per heavy atom. The summed E-state index contributed by atoms with van der Waals surface area (Å²) in [6.45, 7) is 0. The number of nitrogens with zero attached hydrogens (tertiary/aromatic N) is 1. The molecule has 4 nitrogen and oxygen atoms in total. The molecule has 17 heavy (non-hydrogen) atoms. The van der Waals surface area contributed by atoms with Crippen molar-refractivity contribution in [3.05, 3.63) is 24.3 Å². The molecule has 1 atom stereocenters. The summed E-state index contributed by atoms with van der Waals surface area (Å²) in [6.07, 6.45) is 0. The first-order chi connectivity index (χ1) is 7.93. The van der Waals surface area contributed by atoms with Crippen LogP contribution >= 0.6 is 11.3 Å². The molecule has 0 saturated carbocycles. The van der Waals surface area contributed by atoms with Crippen molar-refractivity contribution in [1.29, 1.82) is 0 Å². The number of hydrogen-bond acceptors (Lipinski definition) is 4. The summed E-state index contributed by atoms with van der Waals surface area (Å²) < 4.78 is 37.6. The van der Waals surface area contributed by atoms with Gasteiger partial charge in [0, 0.05) is 0 Å². The lowest BCUT2D eigenvalue weighted by Crippen LogP contribution is -2.33. The lowest BCUT2D eigenvalue weighted by atomic mass is 10.3. The SMILES string of the molecule is O=C(O)C(F)(F)[S@](=O)c1nc2ccccc2s1. The molecular weight excluding hydrogens is 272 g/mol. The summed E-state index contributed by atoms with van der Waals surface area (Å²) in [7, 11) is -2.98. The molecule has 0 unspecified atom stereocenters. The van der Waals surface area contributed by atoms with Gasteiger partial charge in [-0.2, -0.15) is 8.78 Å². The molecule has 0 spiro atoms. The summed E-state index contributed by atoms with van der Waals surface area (Å²) >= 11 is 0.795. The Kier molecular flexibility index (Phi) is 2.92. The number of alkyl halides is 2. The van der Waals surface area contributed by atoms with Crippen LogP contribution in [0.2, 0.25) is 0 Å². The topological polar surface area (TPSA) is 67.3 Å². The van der Waals surface area contributed by atoms with Gasteiger partial charge in [-0.3, -0.25) is 0 Å². The monoisotopic (exact) mass is 277 g/mol. The van der Waals surface area contributed by atoms with Gasteiger partial charge < -0.3 is 5.11 Å². The molecule has 0 saturated heterocycles. The van der Waals surface area contributed by atoms with E-state index in [2.05, 4.69) is 4.98 Å². The molecule has 1 aromatic heterocycles. The highest BCUT2D eigenvalue weighted by Crippen LogP contribution is 2.31. The minimum absolute atomic E-state index is 0.390. The zero-order chi connectivity index (χ0) is 12.6. The number of fused-ring (bicyclic) bond motifs is 1. The highest BCUT2D eigenvalue weighted by Gasteiger charge is 2.48. The molecule has 90 valence electrons. The predicted octanol–water partition coefficient (Wildman–Crippen LogP) is 2.08. The number of benzene rings is 1. The Labute approximate surface area is 100 Å². The van der Waals surface area contributed by atoms with Gasteiger partial charge in [-0.25, -0.2) is 14.0 Å². The van der Waals surface area contributed by atoms with Crippen LogP contribution in [-0.2, 0) is 15.6 Å². The lowest BCUT2D eigenvalue weighted by molar-refractivity contribution is -0.153. The Morgan fingerprint density at radius 3 is 2.65 bits per heavy atom. The normalized spacial score (nSPS) is 13.8. The molecule has 1 N–H and O–H groups in total. The molecule has 2 rings (SSSR count). The van der Waals surface area contributed by atoms with Crippen molar-refractivity contribution in [2.24, 2.45) is 0 Å². The standard InChI is InChI=1S/C9H5F2NO3S2/c10-9(11,7(13)14)17(15)8-12-5-3-1-2-4-6(5)16-8/h1-4H,(H,13,14)/t17-/m1/s1. The van der Waals surface area contributed by atoms with Gasteiger partial charge in [0.2, 0.25) is 0 Å². The van der Waals surface area contributed by atoms with Crippen molar-refractivity contribution in [2.75, 3.05) is 0 Å². The Bertz CT molecular complexity index is 578. The second-order valence-electron chi connectivity index (χ2n) is 3.04. The van der Waals surface area contributed by atoms with Gasteiger partial charge in [0.25, 0.3) is 0 Å². The van der Waals surface area contributed by atoms with E-state index in [1.807, 2.05) is 0 Å². The van der Waals surface area contributed by atoms with Gasteiger partial charge in [-0.1, -0.05) is 12.1 Å². The zero-order valence-corrected chi connectivity index (χ0v) is 9.73. The number of rotatable bonds is 3. The van der Waals surface area contributed by atoms with Crippen molar-refractivity contribution in [3.63, 3.8) is 0 Å². The second-order valence-corrected chi connectivity index (χ2v) is 5.76. The maximum atomic E-state index is 13.0. The van der Waals surface area contributed by atoms with Crippen LogP contribution < -0.4 is 0 Å². The lowest BCUT2D eigenvalue weighted by Gasteiger charge is -2.07. The summed E-state index contributed by atoms with van der Waals surface area (Å²) in [5, 5.41) is 3.96. The maximum Gasteiger partial charge on any atom is 0.422 e. The van der Waals surface area contributed by atoms with Crippen LogP contribution in [0.5, 0.6) is 0 Å². The third-order valence-corrected chi connectivity index (χ3v) is 4.50. The van der Waals surface area contributed by atoms with Crippen LogP contribution in [0, 0.1) is 0 Å². The molecule has 0 aliphatic rings. The Morgan fingerprint density at radius 1 is 1.41 bits per heavy atom. The van der Waals surface area contributed by atoms with E-state index >= 15 is 0 Å². The van der Waals surface area contributed by atoms with Gasteiger partial charge in [-0.15, -0.1) is 11.3 Å². The Balaban J connectivity index is 2.47. The summed E-state index contributed by atoms with van der Waals surface area (Å²) in [5.74, 6) is -2.42. The van der Waals surface area contributed by atoms with E-state index in [1.165, 1.54) is 0 Å². The molecular formula is C9H5F2NO3S2. The summed E-state index contributed by atoms with van der Waals surface area (Å²) in [5.41, 5.74) is 0.419. The number of hydrogen-bond donors (Lipinski definition) is 1. The first kappa shape index (κ1) is 12.1. The zero-order valence-electron chi connectivity index (χ0n) is 8.09. The highest BCUT2D eigenvalue weighted by atomic mass is 32.2. The fourth-order valence-electron chi connectivity index (χ4n) is 1.12. The van der Waals surface area contributed by atoms with Crippen molar-refractivity contribution in [3.8, 4) is 0 Å². The van der Waals surface area contributed by atoms with Gasteiger partial charge in [0.1, 0.15) is 0 Å². The van der Waals surface area contributed by atoms with E-state index in [-0.39, 0.29) is 0 Å². The van der Waals surface area contributed by atoms with Crippen molar-refractivity contribution in [2.45, 2.75) is 9.59 Å².